The fourth-order valence-corrected chi connectivity index (χ4v) is 5.57. The van der Waals surface area contributed by atoms with Gasteiger partial charge in [0.25, 0.3) is 0 Å². The van der Waals surface area contributed by atoms with Crippen LogP contribution in [0.2, 0.25) is 0 Å². The lowest BCUT2D eigenvalue weighted by molar-refractivity contribution is 0.248. The molecule has 5 nitrogen and oxygen atoms in total. The molecule has 0 radical (unpaired) electrons. The average Bonchev–Trinajstić information content (AvgIpc) is 3.56. The molecule has 0 fully saturated rings. The predicted molar refractivity (Wildman–Crippen MR) is 156 cm³/mol. The van der Waals surface area contributed by atoms with Gasteiger partial charge in [0, 0.05) is 22.1 Å². The smallest absolute Gasteiger partial charge is 0.227 e. The Kier molecular flexibility index (Phi) is 4.82. The first kappa shape index (κ1) is 21.8. The summed E-state index contributed by atoms with van der Waals surface area (Å²) in [5, 5.41) is 5.68. The van der Waals surface area contributed by atoms with Crippen LogP contribution in [0.3, 0.4) is 0 Å². The number of nitrogens with one attached hydrogen (secondary N) is 1. The van der Waals surface area contributed by atoms with Gasteiger partial charge in [0.1, 0.15) is 17.2 Å². The van der Waals surface area contributed by atoms with Gasteiger partial charge in [-0.05, 0) is 42.0 Å². The van der Waals surface area contributed by atoms with E-state index < -0.39 is 0 Å². The molecule has 6 aromatic rings. The number of ether oxygens (including phenoxy) is 1. The van der Waals surface area contributed by atoms with Crippen LogP contribution >= 0.6 is 0 Å². The topological polar surface area (TPSA) is 50.5 Å². The normalized spacial score (nSPS) is 15.6. The van der Waals surface area contributed by atoms with Gasteiger partial charge < -0.3 is 14.5 Å². The molecule has 0 bridgehead atoms. The summed E-state index contributed by atoms with van der Waals surface area (Å²) in [6.07, 6.45) is 5.87. The van der Waals surface area contributed by atoms with E-state index >= 15 is 0 Å². The number of para-hydroxylation sites is 3. The van der Waals surface area contributed by atoms with E-state index in [-0.39, 0.29) is 6.23 Å². The minimum absolute atomic E-state index is 0.278. The minimum atomic E-state index is -0.278. The Morgan fingerprint density at radius 1 is 0.718 bits per heavy atom. The number of hydrogen-bond acceptors (Lipinski definition) is 5. The van der Waals surface area contributed by atoms with Gasteiger partial charge in [0.05, 0.1) is 23.0 Å². The second-order valence-electron chi connectivity index (χ2n) is 9.68. The van der Waals surface area contributed by atoms with E-state index in [9.17, 15) is 0 Å². The predicted octanol–water partition coefficient (Wildman–Crippen LogP) is 8.03. The van der Waals surface area contributed by atoms with Crippen LogP contribution < -0.4 is 15.0 Å². The Hall–Kier alpha value is -5.29. The van der Waals surface area contributed by atoms with Crippen molar-refractivity contribution in [3.63, 3.8) is 0 Å². The molecule has 39 heavy (non-hydrogen) atoms. The van der Waals surface area contributed by atoms with Gasteiger partial charge in [-0.2, -0.15) is 0 Å². The largest absolute Gasteiger partial charge is 0.466 e. The zero-order valence-corrected chi connectivity index (χ0v) is 20.9. The molecule has 1 N–H and O–H groups in total. The highest BCUT2D eigenvalue weighted by Gasteiger charge is 2.33. The standard InChI is InChI=1S/C34H23N3O2/c1-2-10-22(11-3-1)24-12-4-7-15-29(24)37(23-20-28-26-14-6-9-17-31(26)38-33(28)35-21-23)32-19-18-27-25-13-5-8-16-30(25)39-34(27)36-32/h1-21,34,36H. The maximum absolute atomic E-state index is 6.32. The minimum Gasteiger partial charge on any atom is -0.466 e. The highest BCUT2D eigenvalue weighted by atomic mass is 16.5. The summed E-state index contributed by atoms with van der Waals surface area (Å²) >= 11 is 0. The Bertz CT molecular complexity index is 1940. The number of fused-ring (bicyclic) bond motifs is 6. The molecule has 0 aliphatic carbocycles. The highest BCUT2D eigenvalue weighted by molar-refractivity contribution is 6.05. The van der Waals surface area contributed by atoms with Gasteiger partial charge >= 0.3 is 0 Å². The third-order valence-corrected chi connectivity index (χ3v) is 7.37. The molecular weight excluding hydrogens is 482 g/mol. The molecule has 4 heterocycles. The number of aromatic nitrogens is 1. The van der Waals surface area contributed by atoms with E-state index in [4.69, 9.17) is 14.1 Å². The fourth-order valence-electron chi connectivity index (χ4n) is 5.57. The van der Waals surface area contributed by atoms with Crippen molar-refractivity contribution in [1.82, 2.24) is 10.3 Å². The first-order valence-electron chi connectivity index (χ1n) is 13.0. The zero-order valence-electron chi connectivity index (χ0n) is 20.9. The maximum Gasteiger partial charge on any atom is 0.227 e. The SMILES string of the molecule is C1=C2c3ccccc3OC2NC(N(c2cnc3oc4ccccc4c3c2)c2ccccc2-c2ccccc2)=C1. The van der Waals surface area contributed by atoms with E-state index in [1.807, 2.05) is 48.7 Å². The van der Waals surface area contributed by atoms with E-state index in [1.165, 1.54) is 0 Å². The summed E-state index contributed by atoms with van der Waals surface area (Å²) in [7, 11) is 0. The highest BCUT2D eigenvalue weighted by Crippen LogP contribution is 2.43. The molecule has 2 aliphatic heterocycles. The lowest BCUT2D eigenvalue weighted by atomic mass is 10.0. The summed E-state index contributed by atoms with van der Waals surface area (Å²) in [6.45, 7) is 0. The van der Waals surface area contributed by atoms with E-state index in [0.717, 1.165) is 61.6 Å². The molecule has 186 valence electrons. The van der Waals surface area contributed by atoms with Crippen LogP contribution in [0.5, 0.6) is 5.75 Å². The van der Waals surface area contributed by atoms with Crippen LogP contribution in [0.4, 0.5) is 11.4 Å². The quantitative estimate of drug-likeness (QED) is 0.263. The second kappa shape index (κ2) is 8.64. The van der Waals surface area contributed by atoms with Crippen LogP contribution in [0.25, 0.3) is 38.8 Å². The van der Waals surface area contributed by atoms with E-state index in [2.05, 4.69) is 89.1 Å². The van der Waals surface area contributed by atoms with Crippen molar-refractivity contribution in [2.75, 3.05) is 4.90 Å². The summed E-state index contributed by atoms with van der Waals surface area (Å²) in [4.78, 5) is 6.97. The van der Waals surface area contributed by atoms with E-state index in [0.29, 0.717) is 5.71 Å². The van der Waals surface area contributed by atoms with Crippen LogP contribution in [0.1, 0.15) is 5.56 Å². The van der Waals surface area contributed by atoms with Crippen LogP contribution in [0, 0.1) is 0 Å². The van der Waals surface area contributed by atoms with Crippen LogP contribution in [0.15, 0.2) is 138 Å². The monoisotopic (exact) mass is 505 g/mol. The van der Waals surface area contributed by atoms with Gasteiger partial charge in [-0.15, -0.1) is 0 Å². The number of dihydropyridines is 1. The van der Waals surface area contributed by atoms with Crippen molar-refractivity contribution >= 4 is 39.0 Å². The zero-order chi connectivity index (χ0) is 25.8. The van der Waals surface area contributed by atoms with E-state index in [1.54, 1.807) is 0 Å². The average molecular weight is 506 g/mol. The third kappa shape index (κ3) is 3.51. The fraction of sp³-hybridized carbons (Fsp3) is 0.0294. The summed E-state index contributed by atoms with van der Waals surface area (Å²) < 4.78 is 12.4. The first-order valence-corrected chi connectivity index (χ1v) is 13.0. The molecule has 0 saturated heterocycles. The molecule has 0 saturated carbocycles. The van der Waals surface area contributed by atoms with Crippen molar-refractivity contribution in [2.24, 2.45) is 0 Å². The molecule has 0 amide bonds. The Morgan fingerprint density at radius 2 is 1.49 bits per heavy atom. The number of hydrogen-bond donors (Lipinski definition) is 1. The maximum atomic E-state index is 6.32. The molecule has 0 spiro atoms. The molecule has 1 atom stereocenters. The van der Waals surface area contributed by atoms with Crippen molar-refractivity contribution in [3.05, 3.63) is 139 Å². The Labute approximate surface area is 225 Å². The molecule has 4 aromatic carbocycles. The van der Waals surface area contributed by atoms with Gasteiger partial charge in [-0.1, -0.05) is 84.9 Å². The van der Waals surface area contributed by atoms with Crippen LogP contribution in [-0.4, -0.2) is 11.2 Å². The van der Waals surface area contributed by atoms with Crippen molar-refractivity contribution in [3.8, 4) is 16.9 Å². The molecule has 1 unspecified atom stereocenters. The van der Waals surface area contributed by atoms with Crippen molar-refractivity contribution < 1.29 is 9.15 Å². The summed E-state index contributed by atoms with van der Waals surface area (Å²) in [5.74, 6) is 1.79. The lowest BCUT2D eigenvalue weighted by Crippen LogP contribution is -2.39. The number of nitrogens with zero attached hydrogens (tertiary/aromatic N) is 2. The Balaban J connectivity index is 1.33. The number of furan rings is 1. The van der Waals surface area contributed by atoms with Gasteiger partial charge in [0.2, 0.25) is 5.71 Å². The molecule has 8 rings (SSSR count). The second-order valence-corrected chi connectivity index (χ2v) is 9.68. The summed E-state index contributed by atoms with van der Waals surface area (Å²) in [5.41, 5.74) is 7.90. The number of allylic oxidation sites excluding steroid dienone is 2. The number of anilines is 2. The van der Waals surface area contributed by atoms with Gasteiger partial charge in [-0.25, -0.2) is 4.98 Å². The summed E-state index contributed by atoms with van der Waals surface area (Å²) in [6, 6.07) is 37.3. The molecule has 2 aliphatic rings. The van der Waals surface area contributed by atoms with Crippen LogP contribution in [-0.2, 0) is 0 Å². The lowest BCUT2D eigenvalue weighted by Gasteiger charge is -2.33. The van der Waals surface area contributed by atoms with Crippen molar-refractivity contribution in [2.45, 2.75) is 6.23 Å². The van der Waals surface area contributed by atoms with Crippen molar-refractivity contribution in [1.29, 1.82) is 0 Å². The van der Waals surface area contributed by atoms with Gasteiger partial charge in [-0.3, -0.25) is 4.90 Å². The number of rotatable bonds is 4. The Morgan fingerprint density at radius 3 is 2.41 bits per heavy atom. The third-order valence-electron chi connectivity index (χ3n) is 7.37. The molecule has 2 aromatic heterocycles. The van der Waals surface area contributed by atoms with Gasteiger partial charge in [0.15, 0.2) is 6.23 Å². The number of pyridine rings is 1. The molecular formula is C34H23N3O2. The number of benzene rings is 4. The first-order chi connectivity index (χ1) is 19.3. The molecule has 5 heteroatoms.